The standard InChI is InChI=1S/C48H26N4S/c1-2-13-28(14-3-1)45-41-29-15-5-4-12-27(29)24-25-35(41)49-48(50-45)52-38-22-11-21-37-44(38)43-34(26-40-42(47(43)52)33-17-7-9-23-39(33)53-40)32-19-10-18-31-30-16-6-8-20-36(30)51(37)46(31)32/h1-26H. The highest BCUT2D eigenvalue weighted by Crippen LogP contribution is 2.49. The van der Waals surface area contributed by atoms with Crippen LogP contribution in [0.2, 0.25) is 0 Å². The molecule has 5 heterocycles. The molecule has 0 spiro atoms. The van der Waals surface area contributed by atoms with Crippen molar-refractivity contribution in [2.45, 2.75) is 0 Å². The molecule has 0 unspecified atom stereocenters. The second kappa shape index (κ2) is 9.94. The lowest BCUT2D eigenvalue weighted by molar-refractivity contribution is 1.02. The Bertz CT molecular complexity index is 3680. The summed E-state index contributed by atoms with van der Waals surface area (Å²) in [5, 5.41) is 13.4. The number of hydrogen-bond acceptors (Lipinski definition) is 3. The van der Waals surface area contributed by atoms with Crippen LogP contribution in [0.25, 0.3) is 119 Å². The first kappa shape index (κ1) is 27.8. The van der Waals surface area contributed by atoms with Crippen LogP contribution in [-0.4, -0.2) is 18.9 Å². The lowest BCUT2D eigenvalue weighted by Crippen LogP contribution is -2.04. The predicted octanol–water partition coefficient (Wildman–Crippen LogP) is 13.1. The summed E-state index contributed by atoms with van der Waals surface area (Å²) in [7, 11) is 0. The van der Waals surface area contributed by atoms with Gasteiger partial charge in [-0.3, -0.25) is 4.57 Å². The minimum Gasteiger partial charge on any atom is -0.308 e. The molecule has 53 heavy (non-hydrogen) atoms. The summed E-state index contributed by atoms with van der Waals surface area (Å²) in [5.41, 5.74) is 8.83. The monoisotopic (exact) mass is 690 g/mol. The quantitative estimate of drug-likeness (QED) is 0.169. The largest absolute Gasteiger partial charge is 0.308 e. The molecule has 0 radical (unpaired) electrons. The fourth-order valence-corrected chi connectivity index (χ4v) is 10.5. The molecule has 0 amide bonds. The molecule has 0 saturated carbocycles. The van der Waals surface area contributed by atoms with Gasteiger partial charge in [0, 0.05) is 58.1 Å². The second-order valence-corrected chi connectivity index (χ2v) is 15.2. The summed E-state index contributed by atoms with van der Waals surface area (Å²) in [6, 6.07) is 57.2. The van der Waals surface area contributed by atoms with Gasteiger partial charge >= 0.3 is 0 Å². The van der Waals surface area contributed by atoms with Gasteiger partial charge in [-0.2, -0.15) is 0 Å². The first-order valence-electron chi connectivity index (χ1n) is 18.0. The molecule has 5 aromatic heterocycles. The normalized spacial score (nSPS) is 12.5. The van der Waals surface area contributed by atoms with Gasteiger partial charge in [-0.15, -0.1) is 11.3 Å². The zero-order chi connectivity index (χ0) is 34.4. The molecule has 0 aliphatic carbocycles. The lowest BCUT2D eigenvalue weighted by atomic mass is 10.0. The summed E-state index contributed by atoms with van der Waals surface area (Å²) >= 11 is 1.87. The Hall–Kier alpha value is -6.82. The van der Waals surface area contributed by atoms with Gasteiger partial charge in [-0.25, -0.2) is 9.97 Å². The fraction of sp³-hybridized carbons (Fsp3) is 0. The zero-order valence-electron chi connectivity index (χ0n) is 28.2. The van der Waals surface area contributed by atoms with Crippen molar-refractivity contribution < 1.29 is 0 Å². The average molecular weight is 691 g/mol. The van der Waals surface area contributed by atoms with Crippen LogP contribution in [0.1, 0.15) is 0 Å². The average Bonchev–Trinajstić information content (AvgIpc) is 3.85. The number of rotatable bonds is 2. The third kappa shape index (κ3) is 3.50. The molecule has 0 atom stereocenters. The van der Waals surface area contributed by atoms with Crippen molar-refractivity contribution in [3.63, 3.8) is 0 Å². The second-order valence-electron chi connectivity index (χ2n) is 14.1. The highest BCUT2D eigenvalue weighted by Gasteiger charge is 2.26. The van der Waals surface area contributed by atoms with E-state index in [2.05, 4.69) is 167 Å². The van der Waals surface area contributed by atoms with Crippen LogP contribution in [0.5, 0.6) is 0 Å². The molecule has 0 bridgehead atoms. The Morgan fingerprint density at radius 2 is 1.11 bits per heavy atom. The molecule has 0 aliphatic heterocycles. The molecule has 0 fully saturated rings. The number of aromatic nitrogens is 4. The molecule has 4 nitrogen and oxygen atoms in total. The van der Waals surface area contributed by atoms with Gasteiger partial charge in [0.1, 0.15) is 0 Å². The van der Waals surface area contributed by atoms with Gasteiger partial charge in [0.15, 0.2) is 0 Å². The topological polar surface area (TPSA) is 35.1 Å². The maximum absolute atomic E-state index is 5.61. The number of para-hydroxylation sites is 2. The van der Waals surface area contributed by atoms with E-state index in [-0.39, 0.29) is 0 Å². The molecule has 5 heteroatoms. The third-order valence-electron chi connectivity index (χ3n) is 11.4. The summed E-state index contributed by atoms with van der Waals surface area (Å²) < 4.78 is 7.41. The van der Waals surface area contributed by atoms with Crippen LogP contribution in [0.3, 0.4) is 0 Å². The first-order valence-corrected chi connectivity index (χ1v) is 18.8. The maximum Gasteiger partial charge on any atom is 0.235 e. The summed E-state index contributed by atoms with van der Waals surface area (Å²) in [6.07, 6.45) is 0. The Morgan fingerprint density at radius 3 is 2.02 bits per heavy atom. The van der Waals surface area contributed by atoms with Crippen molar-refractivity contribution in [1.29, 1.82) is 0 Å². The SMILES string of the molecule is c1ccc(-c2nc(-n3c4cccc5c4c4c(cc6sc7ccccc7c6c43)c3cccc4c6ccccc6n5c34)nc3ccc4ccccc4c23)cc1. The number of fused-ring (bicyclic) bond motifs is 12. The van der Waals surface area contributed by atoms with E-state index in [1.54, 1.807) is 0 Å². The van der Waals surface area contributed by atoms with Crippen molar-refractivity contribution in [2.75, 3.05) is 0 Å². The molecule has 13 rings (SSSR count). The molecule has 13 aromatic rings. The van der Waals surface area contributed by atoms with E-state index in [4.69, 9.17) is 9.97 Å². The zero-order valence-corrected chi connectivity index (χ0v) is 29.0. The third-order valence-corrected chi connectivity index (χ3v) is 12.5. The minimum atomic E-state index is 0.675. The van der Waals surface area contributed by atoms with Crippen LogP contribution in [-0.2, 0) is 0 Å². The molecule has 8 aromatic carbocycles. The van der Waals surface area contributed by atoms with E-state index >= 15 is 0 Å². The van der Waals surface area contributed by atoms with Gasteiger partial charge < -0.3 is 4.40 Å². The highest BCUT2D eigenvalue weighted by molar-refractivity contribution is 7.26. The molecule has 0 saturated heterocycles. The van der Waals surface area contributed by atoms with E-state index in [0.29, 0.717) is 5.95 Å². The Kier molecular flexibility index (Phi) is 5.22. The van der Waals surface area contributed by atoms with Crippen molar-refractivity contribution in [3.8, 4) is 17.2 Å². The highest BCUT2D eigenvalue weighted by atomic mass is 32.1. The van der Waals surface area contributed by atoms with E-state index in [9.17, 15) is 0 Å². The smallest absolute Gasteiger partial charge is 0.235 e. The fourth-order valence-electron chi connectivity index (χ4n) is 9.32. The van der Waals surface area contributed by atoms with E-state index < -0.39 is 0 Å². The van der Waals surface area contributed by atoms with Gasteiger partial charge in [0.2, 0.25) is 5.95 Å². The summed E-state index contributed by atoms with van der Waals surface area (Å²) in [5.74, 6) is 0.675. The van der Waals surface area contributed by atoms with Crippen LogP contribution in [0, 0.1) is 0 Å². The molecular weight excluding hydrogens is 665 g/mol. The predicted molar refractivity (Wildman–Crippen MR) is 224 cm³/mol. The number of hydrogen-bond donors (Lipinski definition) is 0. The van der Waals surface area contributed by atoms with Crippen LogP contribution >= 0.6 is 11.3 Å². The van der Waals surface area contributed by atoms with Crippen LogP contribution in [0.4, 0.5) is 0 Å². The van der Waals surface area contributed by atoms with Gasteiger partial charge in [-0.1, -0.05) is 121 Å². The molecule has 0 N–H and O–H groups in total. The van der Waals surface area contributed by atoms with Gasteiger partial charge in [-0.05, 0) is 52.6 Å². The van der Waals surface area contributed by atoms with E-state index in [0.717, 1.165) is 38.6 Å². The van der Waals surface area contributed by atoms with Crippen LogP contribution < -0.4 is 0 Å². The van der Waals surface area contributed by atoms with Crippen molar-refractivity contribution in [1.82, 2.24) is 18.9 Å². The Morgan fingerprint density at radius 1 is 0.415 bits per heavy atom. The Labute approximate surface area is 305 Å². The summed E-state index contributed by atoms with van der Waals surface area (Å²) in [6.45, 7) is 0. The maximum atomic E-state index is 5.61. The van der Waals surface area contributed by atoms with Crippen molar-refractivity contribution >= 4 is 113 Å². The van der Waals surface area contributed by atoms with Gasteiger partial charge in [0.25, 0.3) is 0 Å². The minimum absolute atomic E-state index is 0.675. The molecule has 244 valence electrons. The number of thiophene rings is 1. The van der Waals surface area contributed by atoms with Crippen molar-refractivity contribution in [2.24, 2.45) is 0 Å². The molecule has 0 aliphatic rings. The first-order chi connectivity index (χ1) is 26.3. The molecular formula is C48H26N4S. The summed E-state index contributed by atoms with van der Waals surface area (Å²) in [4.78, 5) is 11.1. The number of nitrogens with zero attached hydrogens (tertiary/aromatic N) is 4. The van der Waals surface area contributed by atoms with Crippen molar-refractivity contribution in [3.05, 3.63) is 158 Å². The van der Waals surface area contributed by atoms with E-state index in [1.807, 2.05) is 11.3 Å². The van der Waals surface area contributed by atoms with Crippen LogP contribution in [0.15, 0.2) is 158 Å². The lowest BCUT2D eigenvalue weighted by Gasteiger charge is -2.14. The van der Waals surface area contributed by atoms with E-state index in [1.165, 1.54) is 74.4 Å². The Balaban J connectivity index is 1.32. The number of benzene rings is 8. The van der Waals surface area contributed by atoms with Gasteiger partial charge in [0.05, 0.1) is 38.8 Å².